The van der Waals surface area contributed by atoms with Gasteiger partial charge in [-0.15, -0.1) is 11.3 Å². The number of amides is 1. The van der Waals surface area contributed by atoms with Gasteiger partial charge in [0, 0.05) is 35.0 Å². The van der Waals surface area contributed by atoms with Crippen molar-refractivity contribution in [3.63, 3.8) is 0 Å². The molecule has 4 rings (SSSR count). The lowest BCUT2D eigenvalue weighted by atomic mass is 10.1. The summed E-state index contributed by atoms with van der Waals surface area (Å²) in [6, 6.07) is 12.1. The Hall–Kier alpha value is -3.72. The van der Waals surface area contributed by atoms with Crippen LogP contribution in [0.5, 0.6) is 5.75 Å². The average Bonchev–Trinajstić information content (AvgIpc) is 3.32. The number of fused-ring (bicyclic) bond motifs is 1. The summed E-state index contributed by atoms with van der Waals surface area (Å²) in [5, 5.41) is 15.7. The molecule has 158 valence electrons. The van der Waals surface area contributed by atoms with Gasteiger partial charge in [-0.25, -0.2) is 4.98 Å². The second kappa shape index (κ2) is 8.57. The second-order valence-corrected chi connectivity index (χ2v) is 7.78. The van der Waals surface area contributed by atoms with E-state index in [0.717, 1.165) is 33.2 Å². The Bertz CT molecular complexity index is 1260. The number of nitro groups is 1. The van der Waals surface area contributed by atoms with Gasteiger partial charge in [0.1, 0.15) is 5.75 Å². The number of imidazole rings is 1. The average molecular weight is 436 g/mol. The maximum absolute atomic E-state index is 12.6. The summed E-state index contributed by atoms with van der Waals surface area (Å²) in [6.07, 6.45) is 2.03. The molecule has 0 unspecified atom stereocenters. The normalized spacial score (nSPS) is 10.9. The van der Waals surface area contributed by atoms with E-state index in [2.05, 4.69) is 10.3 Å². The smallest absolute Gasteiger partial charge is 0.271 e. The number of hydrogen-bond acceptors (Lipinski definition) is 6. The molecule has 0 aliphatic carbocycles. The number of non-ortho nitro benzene ring substituents is 1. The summed E-state index contributed by atoms with van der Waals surface area (Å²) in [5.74, 6) is 0.556. The Kier molecular flexibility index (Phi) is 5.68. The van der Waals surface area contributed by atoms with E-state index >= 15 is 0 Å². The SMILES string of the molecule is CCOc1ccc(-c2cn3c(CC(=O)Nc4cc([N+](=O)[O-])ccc4C)csc3n2)cc1. The van der Waals surface area contributed by atoms with Crippen LogP contribution in [0.4, 0.5) is 11.4 Å². The fourth-order valence-electron chi connectivity index (χ4n) is 3.20. The highest BCUT2D eigenvalue weighted by Gasteiger charge is 2.15. The first kappa shape index (κ1) is 20.5. The fourth-order valence-corrected chi connectivity index (χ4v) is 4.07. The Morgan fingerprint density at radius 3 is 2.74 bits per heavy atom. The van der Waals surface area contributed by atoms with Crippen LogP contribution in [0.15, 0.2) is 54.0 Å². The quantitative estimate of drug-likeness (QED) is 0.329. The number of carbonyl (C=O) groups is 1. The molecule has 31 heavy (non-hydrogen) atoms. The van der Waals surface area contributed by atoms with Crippen LogP contribution >= 0.6 is 11.3 Å². The monoisotopic (exact) mass is 436 g/mol. The molecule has 0 saturated heterocycles. The number of carbonyl (C=O) groups excluding carboxylic acids is 1. The van der Waals surface area contributed by atoms with Gasteiger partial charge in [0.2, 0.25) is 5.91 Å². The standard InChI is InChI=1S/C22H20N4O4S/c1-3-30-18-8-5-15(6-9-18)20-12-25-17(13-31-22(25)24-20)11-21(27)23-19-10-16(26(28)29)7-4-14(19)2/h4-10,12-13H,3,11H2,1-2H3,(H,23,27). The number of anilines is 1. The highest BCUT2D eigenvalue weighted by atomic mass is 32.1. The lowest BCUT2D eigenvalue weighted by molar-refractivity contribution is -0.384. The Labute approximate surface area is 182 Å². The molecular formula is C22H20N4O4S. The molecule has 1 amide bonds. The Morgan fingerprint density at radius 2 is 2.03 bits per heavy atom. The topological polar surface area (TPSA) is 98.8 Å². The maximum Gasteiger partial charge on any atom is 0.271 e. The number of rotatable bonds is 7. The van der Waals surface area contributed by atoms with E-state index in [9.17, 15) is 14.9 Å². The van der Waals surface area contributed by atoms with Gasteiger partial charge in [0.15, 0.2) is 4.96 Å². The van der Waals surface area contributed by atoms with Crippen LogP contribution in [0.1, 0.15) is 18.2 Å². The second-order valence-electron chi connectivity index (χ2n) is 6.94. The van der Waals surface area contributed by atoms with E-state index < -0.39 is 4.92 Å². The van der Waals surface area contributed by atoms with Crippen LogP contribution in [0.2, 0.25) is 0 Å². The van der Waals surface area contributed by atoms with Gasteiger partial charge >= 0.3 is 0 Å². The molecule has 8 nitrogen and oxygen atoms in total. The first-order chi connectivity index (χ1) is 14.9. The van der Waals surface area contributed by atoms with Gasteiger partial charge in [-0.05, 0) is 43.7 Å². The fraction of sp³-hybridized carbons (Fsp3) is 0.182. The molecule has 0 radical (unpaired) electrons. The number of hydrogen-bond donors (Lipinski definition) is 1. The van der Waals surface area contributed by atoms with E-state index in [1.807, 2.05) is 47.2 Å². The largest absolute Gasteiger partial charge is 0.494 e. The van der Waals surface area contributed by atoms with Crippen molar-refractivity contribution in [2.75, 3.05) is 11.9 Å². The predicted molar refractivity (Wildman–Crippen MR) is 120 cm³/mol. The highest BCUT2D eigenvalue weighted by Crippen LogP contribution is 2.26. The molecule has 2 heterocycles. The van der Waals surface area contributed by atoms with Crippen molar-refractivity contribution in [2.45, 2.75) is 20.3 Å². The molecule has 9 heteroatoms. The molecular weight excluding hydrogens is 416 g/mol. The Balaban J connectivity index is 1.52. The van der Waals surface area contributed by atoms with Crippen LogP contribution in [0.25, 0.3) is 16.2 Å². The van der Waals surface area contributed by atoms with E-state index in [4.69, 9.17) is 4.74 Å². The summed E-state index contributed by atoms with van der Waals surface area (Å²) in [7, 11) is 0. The zero-order valence-corrected chi connectivity index (χ0v) is 17.8. The number of nitrogens with zero attached hydrogens (tertiary/aromatic N) is 3. The van der Waals surface area contributed by atoms with Crippen LogP contribution in [-0.4, -0.2) is 26.8 Å². The van der Waals surface area contributed by atoms with E-state index in [1.54, 1.807) is 13.0 Å². The molecule has 0 fully saturated rings. The number of aromatic nitrogens is 2. The van der Waals surface area contributed by atoms with Crippen molar-refractivity contribution < 1.29 is 14.5 Å². The van der Waals surface area contributed by atoms with Gasteiger partial charge in [0.05, 0.1) is 29.3 Å². The van der Waals surface area contributed by atoms with E-state index in [1.165, 1.54) is 23.5 Å². The minimum Gasteiger partial charge on any atom is -0.494 e. The van der Waals surface area contributed by atoms with Crippen LogP contribution < -0.4 is 10.1 Å². The summed E-state index contributed by atoms with van der Waals surface area (Å²) < 4.78 is 7.37. The van der Waals surface area contributed by atoms with Gasteiger partial charge < -0.3 is 10.1 Å². The number of thiazole rings is 1. The lowest BCUT2D eigenvalue weighted by Crippen LogP contribution is -2.16. The number of benzene rings is 2. The third-order valence-corrected chi connectivity index (χ3v) is 5.68. The first-order valence-corrected chi connectivity index (χ1v) is 10.6. The van der Waals surface area contributed by atoms with Crippen LogP contribution in [0.3, 0.4) is 0 Å². The molecule has 2 aromatic carbocycles. The van der Waals surface area contributed by atoms with Crippen molar-refractivity contribution in [1.29, 1.82) is 0 Å². The third-order valence-electron chi connectivity index (χ3n) is 4.79. The van der Waals surface area contributed by atoms with Crippen molar-refractivity contribution in [3.8, 4) is 17.0 Å². The maximum atomic E-state index is 12.6. The molecule has 0 atom stereocenters. The molecule has 0 saturated carbocycles. The minimum absolute atomic E-state index is 0.0616. The van der Waals surface area contributed by atoms with Gasteiger partial charge in [-0.2, -0.15) is 0 Å². The van der Waals surface area contributed by atoms with Gasteiger partial charge in [-0.1, -0.05) is 6.07 Å². The minimum atomic E-state index is -0.481. The number of nitrogens with one attached hydrogen (secondary N) is 1. The summed E-state index contributed by atoms with van der Waals surface area (Å²) >= 11 is 1.46. The van der Waals surface area contributed by atoms with Crippen LogP contribution in [0, 0.1) is 17.0 Å². The van der Waals surface area contributed by atoms with Gasteiger partial charge in [-0.3, -0.25) is 19.3 Å². The third kappa shape index (κ3) is 4.41. The number of ether oxygens (including phenoxy) is 1. The van der Waals surface area contributed by atoms with Crippen molar-refractivity contribution in [3.05, 3.63) is 75.4 Å². The summed E-state index contributed by atoms with van der Waals surface area (Å²) in [4.78, 5) is 28.6. The van der Waals surface area contributed by atoms with E-state index in [-0.39, 0.29) is 18.0 Å². The molecule has 0 aliphatic rings. The molecule has 1 N–H and O–H groups in total. The predicted octanol–water partition coefficient (Wildman–Crippen LogP) is 4.86. The highest BCUT2D eigenvalue weighted by molar-refractivity contribution is 7.15. The lowest BCUT2D eigenvalue weighted by Gasteiger charge is -2.08. The molecule has 4 aromatic rings. The Morgan fingerprint density at radius 1 is 1.26 bits per heavy atom. The van der Waals surface area contributed by atoms with Crippen molar-refractivity contribution >= 4 is 33.6 Å². The zero-order chi connectivity index (χ0) is 22.0. The zero-order valence-electron chi connectivity index (χ0n) is 17.0. The molecule has 0 aliphatic heterocycles. The van der Waals surface area contributed by atoms with Crippen molar-refractivity contribution in [1.82, 2.24) is 9.38 Å². The summed E-state index contributed by atoms with van der Waals surface area (Å²) in [6.45, 7) is 4.34. The van der Waals surface area contributed by atoms with Gasteiger partial charge in [0.25, 0.3) is 5.69 Å². The van der Waals surface area contributed by atoms with E-state index in [0.29, 0.717) is 12.3 Å². The number of nitro benzene ring substituents is 1. The molecule has 0 spiro atoms. The number of aryl methyl sites for hydroxylation is 1. The molecule has 2 aromatic heterocycles. The summed E-state index contributed by atoms with van der Waals surface area (Å²) in [5.41, 5.74) is 3.70. The van der Waals surface area contributed by atoms with Crippen LogP contribution in [-0.2, 0) is 11.2 Å². The molecule has 0 bridgehead atoms. The first-order valence-electron chi connectivity index (χ1n) is 9.68. The van der Waals surface area contributed by atoms with Crippen molar-refractivity contribution in [2.24, 2.45) is 0 Å².